The van der Waals surface area contributed by atoms with E-state index in [-0.39, 0.29) is 22.8 Å². The summed E-state index contributed by atoms with van der Waals surface area (Å²) >= 11 is 1.14. The second kappa shape index (κ2) is 8.88. The fraction of sp³-hybridized carbons (Fsp3) is 0.250. The molecule has 0 aliphatic rings. The molecule has 0 radical (unpaired) electrons. The molecule has 6 nitrogen and oxygen atoms in total. The summed E-state index contributed by atoms with van der Waals surface area (Å²) in [7, 11) is 0. The van der Waals surface area contributed by atoms with Crippen molar-refractivity contribution in [2.75, 3.05) is 5.32 Å². The lowest BCUT2D eigenvalue weighted by Gasteiger charge is -2.11. The maximum absolute atomic E-state index is 13.7. The summed E-state index contributed by atoms with van der Waals surface area (Å²) in [6.07, 6.45) is -0.629. The first kappa shape index (κ1) is 19.9. The van der Waals surface area contributed by atoms with Gasteiger partial charge in [0.1, 0.15) is 0 Å². The minimum absolute atomic E-state index is 0.105. The molecule has 0 spiro atoms. The zero-order valence-electron chi connectivity index (χ0n) is 15.7. The quantitative estimate of drug-likeness (QED) is 0.574. The van der Waals surface area contributed by atoms with Crippen LogP contribution in [0.2, 0.25) is 0 Å². The monoisotopic (exact) mass is 401 g/mol. The van der Waals surface area contributed by atoms with Gasteiger partial charge in [0.25, 0.3) is 11.1 Å². The smallest absolute Gasteiger partial charge is 0.277 e. The van der Waals surface area contributed by atoms with Crippen molar-refractivity contribution in [3.05, 3.63) is 65.8 Å². The zero-order chi connectivity index (χ0) is 20.1. The minimum atomic E-state index is -0.629. The number of thioether (sulfide) groups is 1. The van der Waals surface area contributed by atoms with E-state index in [0.717, 1.165) is 23.0 Å². The highest BCUT2D eigenvalue weighted by Gasteiger charge is 2.21. The van der Waals surface area contributed by atoms with E-state index >= 15 is 0 Å². The number of nitrogens with one attached hydrogen (secondary N) is 1. The summed E-state index contributed by atoms with van der Waals surface area (Å²) in [6, 6.07) is 13.6. The molecule has 28 heavy (non-hydrogen) atoms. The number of hydrogen-bond acceptors (Lipinski definition) is 6. The van der Waals surface area contributed by atoms with Crippen LogP contribution in [0, 0.1) is 12.7 Å². The van der Waals surface area contributed by atoms with Crippen LogP contribution in [0.25, 0.3) is 0 Å². The van der Waals surface area contributed by atoms with Crippen molar-refractivity contribution in [2.24, 2.45) is 0 Å². The highest BCUT2D eigenvalue weighted by molar-refractivity contribution is 8.00. The molecule has 0 fully saturated rings. The lowest BCUT2D eigenvalue weighted by Crippen LogP contribution is -2.22. The average molecular weight is 401 g/mol. The fourth-order valence-corrected chi connectivity index (χ4v) is 2.99. The van der Waals surface area contributed by atoms with Crippen molar-refractivity contribution in [1.82, 2.24) is 10.2 Å². The molecule has 3 aromatic rings. The van der Waals surface area contributed by atoms with Gasteiger partial charge in [0.05, 0.1) is 5.25 Å². The van der Waals surface area contributed by atoms with Crippen molar-refractivity contribution in [1.29, 1.82) is 0 Å². The molecule has 1 amide bonds. The number of para-hydroxylation sites is 1. The van der Waals surface area contributed by atoms with Crippen molar-refractivity contribution in [3.63, 3.8) is 0 Å². The second-order valence-corrected chi connectivity index (χ2v) is 7.50. The summed E-state index contributed by atoms with van der Waals surface area (Å²) in [5.41, 5.74) is 1.84. The van der Waals surface area contributed by atoms with Crippen molar-refractivity contribution >= 4 is 23.4 Å². The van der Waals surface area contributed by atoms with E-state index in [1.165, 1.54) is 12.1 Å². The van der Waals surface area contributed by atoms with Crippen LogP contribution >= 0.6 is 11.8 Å². The maximum Gasteiger partial charge on any atom is 0.277 e. The second-order valence-electron chi connectivity index (χ2n) is 6.21. The van der Waals surface area contributed by atoms with Crippen LogP contribution in [-0.2, 0) is 4.79 Å². The van der Waals surface area contributed by atoms with Gasteiger partial charge in [-0.25, -0.2) is 4.39 Å². The van der Waals surface area contributed by atoms with Gasteiger partial charge in [-0.05, 0) is 45.0 Å². The first-order valence-corrected chi connectivity index (χ1v) is 9.59. The van der Waals surface area contributed by atoms with Crippen LogP contribution in [0.4, 0.5) is 10.1 Å². The van der Waals surface area contributed by atoms with Gasteiger partial charge in [0.15, 0.2) is 17.7 Å². The Bertz CT molecular complexity index is 946. The number of halogens is 1. The average Bonchev–Trinajstić information content (AvgIpc) is 3.14. The Morgan fingerprint density at radius 2 is 1.86 bits per heavy atom. The highest BCUT2D eigenvalue weighted by Crippen LogP contribution is 2.27. The third-order valence-electron chi connectivity index (χ3n) is 3.88. The van der Waals surface area contributed by atoms with E-state index in [0.29, 0.717) is 0 Å². The van der Waals surface area contributed by atoms with Gasteiger partial charge in [-0.1, -0.05) is 41.6 Å². The number of nitrogens with zero attached hydrogens (tertiary/aromatic N) is 2. The van der Waals surface area contributed by atoms with E-state index in [1.54, 1.807) is 26.0 Å². The first-order valence-electron chi connectivity index (χ1n) is 8.71. The lowest BCUT2D eigenvalue weighted by atomic mass is 10.2. The molecule has 0 aliphatic carbocycles. The van der Waals surface area contributed by atoms with Crippen LogP contribution < -0.4 is 10.1 Å². The number of carbonyl (C=O) groups excluding carboxylic acids is 1. The van der Waals surface area contributed by atoms with Gasteiger partial charge in [-0.15, -0.1) is 10.2 Å². The van der Waals surface area contributed by atoms with E-state index in [2.05, 4.69) is 15.5 Å². The van der Waals surface area contributed by atoms with Gasteiger partial charge in [0.2, 0.25) is 5.91 Å². The molecular weight excluding hydrogens is 381 g/mol. The van der Waals surface area contributed by atoms with Gasteiger partial charge < -0.3 is 14.5 Å². The van der Waals surface area contributed by atoms with Crippen molar-refractivity contribution in [3.8, 4) is 5.75 Å². The van der Waals surface area contributed by atoms with Crippen LogP contribution in [0.5, 0.6) is 5.75 Å². The molecular formula is C20H20FN3O3S. The minimum Gasteiger partial charge on any atom is -0.478 e. The molecule has 1 N–H and O–H groups in total. The third kappa shape index (κ3) is 5.10. The van der Waals surface area contributed by atoms with Crippen molar-refractivity contribution in [2.45, 2.75) is 37.3 Å². The Kier molecular flexibility index (Phi) is 6.30. The Morgan fingerprint density at radius 1 is 1.14 bits per heavy atom. The topological polar surface area (TPSA) is 77.2 Å². The number of aryl methyl sites for hydroxylation is 1. The zero-order valence-corrected chi connectivity index (χ0v) is 16.5. The number of aromatic nitrogens is 2. The lowest BCUT2D eigenvalue weighted by molar-refractivity contribution is -0.115. The summed E-state index contributed by atoms with van der Waals surface area (Å²) in [4.78, 5) is 12.3. The standard InChI is InChI=1S/C20H20FN3O3S/c1-12-8-10-15(11-9-12)22-18(25)14(3)28-20-24-23-19(27-20)13(2)26-17-7-5-4-6-16(17)21/h4-11,13-14H,1-3H3,(H,22,25)/t13-,14-/m0/s1. The largest absolute Gasteiger partial charge is 0.478 e. The number of amides is 1. The van der Waals surface area contributed by atoms with Crippen LogP contribution in [0.1, 0.15) is 31.4 Å². The number of anilines is 1. The summed E-state index contributed by atoms with van der Waals surface area (Å²) in [5.74, 6) is -0.334. The SMILES string of the molecule is Cc1ccc(NC(=O)[C@H](C)Sc2nnc([C@H](C)Oc3ccccc3F)o2)cc1. The molecule has 1 aromatic heterocycles. The predicted molar refractivity (Wildman–Crippen MR) is 105 cm³/mol. The molecule has 2 atom stereocenters. The fourth-order valence-electron chi connectivity index (χ4n) is 2.30. The van der Waals surface area contributed by atoms with Crippen LogP contribution in [-0.4, -0.2) is 21.4 Å². The molecule has 0 saturated carbocycles. The molecule has 146 valence electrons. The summed E-state index contributed by atoms with van der Waals surface area (Å²) in [5, 5.41) is 10.5. The molecule has 0 unspecified atom stereocenters. The molecule has 3 rings (SSSR count). The van der Waals surface area contributed by atoms with Gasteiger partial charge >= 0.3 is 0 Å². The molecule has 8 heteroatoms. The Morgan fingerprint density at radius 3 is 2.57 bits per heavy atom. The van der Waals surface area contributed by atoms with E-state index in [9.17, 15) is 9.18 Å². The van der Waals surface area contributed by atoms with Crippen molar-refractivity contribution < 1.29 is 18.3 Å². The van der Waals surface area contributed by atoms with Crippen LogP contribution in [0.15, 0.2) is 58.2 Å². The van der Waals surface area contributed by atoms with Gasteiger partial charge in [-0.3, -0.25) is 4.79 Å². The Balaban J connectivity index is 1.58. The number of benzene rings is 2. The number of ether oxygens (including phenoxy) is 1. The molecule has 1 heterocycles. The van der Waals surface area contributed by atoms with E-state index in [1.807, 2.05) is 31.2 Å². The molecule has 0 aliphatic heterocycles. The van der Waals surface area contributed by atoms with Gasteiger partial charge in [0, 0.05) is 5.69 Å². The van der Waals surface area contributed by atoms with E-state index < -0.39 is 17.2 Å². The van der Waals surface area contributed by atoms with Gasteiger partial charge in [-0.2, -0.15) is 0 Å². The molecule has 0 saturated heterocycles. The Hall–Kier alpha value is -2.87. The molecule has 2 aromatic carbocycles. The summed E-state index contributed by atoms with van der Waals surface area (Å²) < 4.78 is 24.8. The third-order valence-corrected chi connectivity index (χ3v) is 4.81. The maximum atomic E-state index is 13.7. The number of carbonyl (C=O) groups is 1. The van der Waals surface area contributed by atoms with Crippen LogP contribution in [0.3, 0.4) is 0 Å². The molecule has 0 bridgehead atoms. The van der Waals surface area contributed by atoms with E-state index in [4.69, 9.17) is 9.15 Å². The highest BCUT2D eigenvalue weighted by atomic mass is 32.2. The number of hydrogen-bond donors (Lipinski definition) is 1. The predicted octanol–water partition coefficient (Wildman–Crippen LogP) is 4.78. The first-order chi connectivity index (χ1) is 13.4. The Labute approximate surface area is 166 Å². The summed E-state index contributed by atoms with van der Waals surface area (Å²) in [6.45, 7) is 5.41. The number of rotatable bonds is 7. The normalized spacial score (nSPS) is 13.0.